The first-order valence-electron chi connectivity index (χ1n) is 7.00. The van der Waals surface area contributed by atoms with Crippen LogP contribution in [0.5, 0.6) is 0 Å². The average molecular weight is 371 g/mol. The van der Waals surface area contributed by atoms with E-state index in [1.54, 1.807) is 12.1 Å². The Morgan fingerprint density at radius 1 is 1.19 bits per heavy atom. The summed E-state index contributed by atoms with van der Waals surface area (Å²) in [6.45, 7) is 2.91. The first kappa shape index (κ1) is 16.5. The number of nitrogens with one attached hydrogen (secondary N) is 1. The minimum Gasteiger partial charge on any atom is -0.314 e. The van der Waals surface area contributed by atoms with Gasteiger partial charge in [-0.25, -0.2) is 4.39 Å². The lowest BCUT2D eigenvalue weighted by molar-refractivity contribution is 0.506. The highest BCUT2D eigenvalue weighted by molar-refractivity contribution is 9.10. The van der Waals surface area contributed by atoms with E-state index in [-0.39, 0.29) is 11.9 Å². The third-order valence-corrected chi connectivity index (χ3v) is 4.07. The van der Waals surface area contributed by atoms with Gasteiger partial charge in [0, 0.05) is 15.5 Å². The molecule has 1 unspecified atom stereocenters. The molecule has 2 aromatic rings. The predicted molar refractivity (Wildman–Crippen MR) is 90.4 cm³/mol. The molecule has 2 rings (SSSR count). The van der Waals surface area contributed by atoms with E-state index >= 15 is 0 Å². The van der Waals surface area contributed by atoms with Crippen LogP contribution in [0.4, 0.5) is 4.39 Å². The molecular formula is C17H18BrClFN. The number of hydrogen-bond acceptors (Lipinski definition) is 1. The van der Waals surface area contributed by atoms with Crippen LogP contribution in [0, 0.1) is 5.82 Å². The number of benzene rings is 2. The zero-order chi connectivity index (χ0) is 15.2. The van der Waals surface area contributed by atoms with Crippen molar-refractivity contribution in [1.29, 1.82) is 0 Å². The second kappa shape index (κ2) is 7.92. The van der Waals surface area contributed by atoms with Gasteiger partial charge in [-0.1, -0.05) is 46.6 Å². The summed E-state index contributed by atoms with van der Waals surface area (Å²) in [7, 11) is 0. The summed E-state index contributed by atoms with van der Waals surface area (Å²) in [6, 6.07) is 13.1. The van der Waals surface area contributed by atoms with Crippen molar-refractivity contribution in [1.82, 2.24) is 5.32 Å². The highest BCUT2D eigenvalue weighted by atomic mass is 79.9. The minimum absolute atomic E-state index is 0.178. The van der Waals surface area contributed by atoms with Crippen molar-refractivity contribution in [3.63, 3.8) is 0 Å². The van der Waals surface area contributed by atoms with Crippen LogP contribution in [0.25, 0.3) is 0 Å². The van der Waals surface area contributed by atoms with Gasteiger partial charge < -0.3 is 5.32 Å². The standard InChI is InChI=1S/C17H18BrClFN/c1-2-21-16(9-12-4-3-5-14(18)8-12)11-13-10-15(19)6-7-17(13)20/h3-8,10,16,21H,2,9,11H2,1H3. The number of halogens is 3. The summed E-state index contributed by atoms with van der Waals surface area (Å²) in [5.74, 6) is -0.198. The van der Waals surface area contributed by atoms with E-state index in [0.29, 0.717) is 17.0 Å². The fraction of sp³-hybridized carbons (Fsp3) is 0.294. The summed E-state index contributed by atoms with van der Waals surface area (Å²) in [5, 5.41) is 3.99. The van der Waals surface area contributed by atoms with Crippen molar-refractivity contribution in [2.75, 3.05) is 6.54 Å². The first-order valence-corrected chi connectivity index (χ1v) is 8.17. The van der Waals surface area contributed by atoms with Crippen LogP contribution >= 0.6 is 27.5 Å². The maximum atomic E-state index is 13.9. The lowest BCUT2D eigenvalue weighted by atomic mass is 9.98. The number of likely N-dealkylation sites (N-methyl/N-ethyl adjacent to an activating group) is 1. The normalized spacial score (nSPS) is 12.4. The summed E-state index contributed by atoms with van der Waals surface area (Å²) in [4.78, 5) is 0. The molecule has 1 nitrogen and oxygen atoms in total. The Kier molecular flexibility index (Phi) is 6.22. The third kappa shape index (κ3) is 5.10. The minimum atomic E-state index is -0.198. The first-order chi connectivity index (χ1) is 10.1. The van der Waals surface area contributed by atoms with Crippen LogP contribution in [0.2, 0.25) is 5.02 Å². The summed E-state index contributed by atoms with van der Waals surface area (Å²) < 4.78 is 14.9. The van der Waals surface area contributed by atoms with Crippen LogP contribution in [-0.4, -0.2) is 12.6 Å². The molecule has 4 heteroatoms. The fourth-order valence-corrected chi connectivity index (χ4v) is 3.06. The van der Waals surface area contributed by atoms with Crippen LogP contribution < -0.4 is 5.32 Å². The van der Waals surface area contributed by atoms with Gasteiger partial charge in [0.2, 0.25) is 0 Å². The topological polar surface area (TPSA) is 12.0 Å². The van der Waals surface area contributed by atoms with Gasteiger partial charge in [-0.15, -0.1) is 0 Å². The second-order valence-corrected chi connectivity index (χ2v) is 6.38. The Balaban J connectivity index is 2.13. The van der Waals surface area contributed by atoms with Gasteiger partial charge in [-0.3, -0.25) is 0 Å². The molecule has 0 amide bonds. The molecule has 0 aliphatic carbocycles. The summed E-state index contributed by atoms with van der Waals surface area (Å²) >= 11 is 9.45. The van der Waals surface area contributed by atoms with Gasteiger partial charge in [0.15, 0.2) is 0 Å². The van der Waals surface area contributed by atoms with Crippen molar-refractivity contribution in [3.8, 4) is 0 Å². The molecule has 0 aliphatic heterocycles. The molecule has 0 radical (unpaired) electrons. The Labute approximate surface area is 138 Å². The van der Waals surface area contributed by atoms with Crippen molar-refractivity contribution in [3.05, 3.63) is 68.9 Å². The lowest BCUT2D eigenvalue weighted by Gasteiger charge is -2.19. The average Bonchev–Trinajstić information content (AvgIpc) is 2.43. The van der Waals surface area contributed by atoms with Crippen LogP contribution in [-0.2, 0) is 12.8 Å². The van der Waals surface area contributed by atoms with E-state index in [9.17, 15) is 4.39 Å². The van der Waals surface area contributed by atoms with Gasteiger partial charge in [-0.2, -0.15) is 0 Å². The molecule has 2 aromatic carbocycles. The zero-order valence-electron chi connectivity index (χ0n) is 11.9. The van der Waals surface area contributed by atoms with E-state index in [1.807, 2.05) is 12.1 Å². The van der Waals surface area contributed by atoms with E-state index in [2.05, 4.69) is 40.3 Å². The zero-order valence-corrected chi connectivity index (χ0v) is 14.2. The van der Waals surface area contributed by atoms with E-state index in [4.69, 9.17) is 11.6 Å². The molecule has 0 saturated carbocycles. The molecule has 0 saturated heterocycles. The van der Waals surface area contributed by atoms with E-state index < -0.39 is 0 Å². The monoisotopic (exact) mass is 369 g/mol. The molecule has 1 atom stereocenters. The highest BCUT2D eigenvalue weighted by Crippen LogP contribution is 2.19. The lowest BCUT2D eigenvalue weighted by Crippen LogP contribution is -2.33. The van der Waals surface area contributed by atoms with E-state index in [0.717, 1.165) is 17.4 Å². The third-order valence-electron chi connectivity index (χ3n) is 3.34. The van der Waals surface area contributed by atoms with Crippen molar-refractivity contribution < 1.29 is 4.39 Å². The molecule has 21 heavy (non-hydrogen) atoms. The Bertz CT molecular complexity index is 603. The summed E-state index contributed by atoms with van der Waals surface area (Å²) in [5.41, 5.74) is 1.88. The molecule has 1 N–H and O–H groups in total. The molecule has 0 heterocycles. The van der Waals surface area contributed by atoms with Gasteiger partial charge in [0.1, 0.15) is 5.82 Å². The molecule has 0 aromatic heterocycles. The number of rotatable bonds is 6. The molecule has 0 aliphatic rings. The Hall–Kier alpha value is -0.900. The maximum absolute atomic E-state index is 13.9. The molecule has 0 bridgehead atoms. The van der Waals surface area contributed by atoms with E-state index in [1.165, 1.54) is 11.6 Å². The van der Waals surface area contributed by atoms with Crippen LogP contribution in [0.15, 0.2) is 46.9 Å². The van der Waals surface area contributed by atoms with Gasteiger partial charge in [-0.05, 0) is 60.8 Å². The van der Waals surface area contributed by atoms with Gasteiger partial charge >= 0.3 is 0 Å². The Morgan fingerprint density at radius 3 is 2.71 bits per heavy atom. The number of hydrogen-bond donors (Lipinski definition) is 1. The molecule has 0 spiro atoms. The smallest absolute Gasteiger partial charge is 0.126 e. The predicted octanol–water partition coefficient (Wildman–Crippen LogP) is 5.00. The quantitative estimate of drug-likeness (QED) is 0.754. The molecule has 0 fully saturated rings. The van der Waals surface area contributed by atoms with Crippen molar-refractivity contribution in [2.45, 2.75) is 25.8 Å². The highest BCUT2D eigenvalue weighted by Gasteiger charge is 2.13. The maximum Gasteiger partial charge on any atom is 0.126 e. The molecular weight excluding hydrogens is 353 g/mol. The van der Waals surface area contributed by atoms with Crippen molar-refractivity contribution >= 4 is 27.5 Å². The SMILES string of the molecule is CCNC(Cc1cccc(Br)c1)Cc1cc(Cl)ccc1F. The second-order valence-electron chi connectivity index (χ2n) is 5.03. The van der Waals surface area contributed by atoms with Gasteiger partial charge in [0.25, 0.3) is 0 Å². The molecule has 112 valence electrons. The van der Waals surface area contributed by atoms with Crippen LogP contribution in [0.1, 0.15) is 18.1 Å². The fourth-order valence-electron chi connectivity index (χ4n) is 2.42. The van der Waals surface area contributed by atoms with Crippen molar-refractivity contribution in [2.24, 2.45) is 0 Å². The largest absolute Gasteiger partial charge is 0.314 e. The van der Waals surface area contributed by atoms with Gasteiger partial charge in [0.05, 0.1) is 0 Å². The summed E-state index contributed by atoms with van der Waals surface area (Å²) in [6.07, 6.45) is 1.46. The Morgan fingerprint density at radius 2 is 2.00 bits per heavy atom. The van der Waals surface area contributed by atoms with Crippen LogP contribution in [0.3, 0.4) is 0 Å².